The summed E-state index contributed by atoms with van der Waals surface area (Å²) >= 11 is 7.33. The summed E-state index contributed by atoms with van der Waals surface area (Å²) in [5.74, 6) is -0.165. The maximum absolute atomic E-state index is 13.4. The molecule has 1 aliphatic heterocycles. The molecule has 1 fully saturated rings. The number of nitrogens with one attached hydrogen (secondary N) is 1. The Bertz CT molecular complexity index is 993. The van der Waals surface area contributed by atoms with E-state index in [1.807, 2.05) is 36.4 Å². The second-order valence-corrected chi connectivity index (χ2v) is 9.95. The zero-order valence-electron chi connectivity index (χ0n) is 17.9. The van der Waals surface area contributed by atoms with Gasteiger partial charge >= 0.3 is 0 Å². The zero-order valence-corrected chi connectivity index (χ0v) is 19.4. The lowest BCUT2D eigenvalue weighted by Crippen LogP contribution is -2.37. The van der Waals surface area contributed by atoms with Gasteiger partial charge in [0.2, 0.25) is 0 Å². The van der Waals surface area contributed by atoms with E-state index in [1.54, 1.807) is 12.1 Å². The van der Waals surface area contributed by atoms with Gasteiger partial charge in [0.15, 0.2) is 0 Å². The lowest BCUT2D eigenvalue weighted by atomic mass is 9.95. The Hall–Kier alpha value is -2.24. The average molecular weight is 455 g/mol. The van der Waals surface area contributed by atoms with Crippen LogP contribution in [0.1, 0.15) is 57.4 Å². The number of amides is 2. The number of benzene rings is 2. The van der Waals surface area contributed by atoms with Gasteiger partial charge in [-0.15, -0.1) is 0 Å². The Morgan fingerprint density at radius 2 is 1.58 bits per heavy atom. The molecule has 4 rings (SSSR count). The predicted octanol–water partition coefficient (Wildman–Crippen LogP) is 6.26. The Labute approximate surface area is 193 Å². The van der Waals surface area contributed by atoms with Gasteiger partial charge in [-0.1, -0.05) is 68.6 Å². The van der Waals surface area contributed by atoms with E-state index >= 15 is 0 Å². The van der Waals surface area contributed by atoms with Crippen molar-refractivity contribution >= 4 is 40.9 Å². The Kier molecular flexibility index (Phi) is 6.73. The van der Waals surface area contributed by atoms with Crippen molar-refractivity contribution in [1.82, 2.24) is 5.32 Å². The van der Waals surface area contributed by atoms with Gasteiger partial charge in [-0.3, -0.25) is 9.59 Å². The number of hydrogen-bond acceptors (Lipinski definition) is 4. The minimum absolute atomic E-state index is 0.226. The average Bonchev–Trinajstić information content (AvgIpc) is 3.00. The quantitative estimate of drug-likeness (QED) is 0.523. The van der Waals surface area contributed by atoms with Crippen LogP contribution in [0.5, 0.6) is 0 Å². The highest BCUT2D eigenvalue weighted by atomic mass is 35.5. The molecule has 1 saturated carbocycles. The summed E-state index contributed by atoms with van der Waals surface area (Å²) in [6.45, 7) is 4.24. The van der Waals surface area contributed by atoms with E-state index in [1.165, 1.54) is 28.6 Å². The summed E-state index contributed by atoms with van der Waals surface area (Å²) in [5, 5.41) is 4.07. The van der Waals surface area contributed by atoms with Gasteiger partial charge in [0.05, 0.1) is 5.69 Å². The molecule has 0 atom stereocenters. The Morgan fingerprint density at radius 3 is 2.19 bits per heavy atom. The monoisotopic (exact) mass is 454 g/mol. The number of anilines is 1. The molecular formula is C25H27ClN2O2S. The third-order valence-corrected chi connectivity index (χ3v) is 7.19. The normalized spacial score (nSPS) is 17.7. The molecule has 2 aromatic rings. The number of thioether (sulfide) groups is 1. The number of carbonyl (C=O) groups is 2. The van der Waals surface area contributed by atoms with Crippen LogP contribution in [-0.2, 0) is 9.59 Å². The van der Waals surface area contributed by atoms with E-state index < -0.39 is 0 Å². The maximum atomic E-state index is 13.4. The van der Waals surface area contributed by atoms with Crippen LogP contribution in [0.25, 0.3) is 0 Å². The van der Waals surface area contributed by atoms with Crippen molar-refractivity contribution in [1.29, 1.82) is 0 Å². The molecule has 0 saturated heterocycles. The molecule has 1 heterocycles. The number of nitrogens with zero attached hydrogens (tertiary/aromatic N) is 1. The second kappa shape index (κ2) is 9.49. The predicted molar refractivity (Wildman–Crippen MR) is 127 cm³/mol. The molecule has 2 aromatic carbocycles. The summed E-state index contributed by atoms with van der Waals surface area (Å²) in [6, 6.07) is 15.2. The fourth-order valence-electron chi connectivity index (χ4n) is 4.05. The molecule has 2 amide bonds. The van der Waals surface area contributed by atoms with Gasteiger partial charge in [-0.2, -0.15) is 0 Å². The van der Waals surface area contributed by atoms with Crippen LogP contribution in [0.2, 0.25) is 5.02 Å². The van der Waals surface area contributed by atoms with Gasteiger partial charge in [0, 0.05) is 16.0 Å². The third kappa shape index (κ3) is 4.83. The van der Waals surface area contributed by atoms with Crippen molar-refractivity contribution < 1.29 is 9.59 Å². The smallest absolute Gasteiger partial charge is 0.282 e. The van der Waals surface area contributed by atoms with Crippen molar-refractivity contribution in [2.75, 3.05) is 4.90 Å². The van der Waals surface area contributed by atoms with E-state index in [2.05, 4.69) is 19.2 Å². The molecule has 1 N–H and O–H groups in total. The number of rotatable bonds is 6. The van der Waals surface area contributed by atoms with Gasteiger partial charge in [0.1, 0.15) is 10.6 Å². The largest absolute Gasteiger partial charge is 0.377 e. The first-order chi connectivity index (χ1) is 14.9. The molecule has 0 radical (unpaired) electrons. The molecule has 31 heavy (non-hydrogen) atoms. The van der Waals surface area contributed by atoms with Crippen molar-refractivity contribution in [3.8, 4) is 0 Å². The number of halogens is 1. The van der Waals surface area contributed by atoms with E-state index in [9.17, 15) is 9.59 Å². The molecule has 0 bridgehead atoms. The highest BCUT2D eigenvalue weighted by molar-refractivity contribution is 8.04. The summed E-state index contributed by atoms with van der Waals surface area (Å²) in [7, 11) is 0. The van der Waals surface area contributed by atoms with E-state index in [4.69, 9.17) is 11.6 Å². The van der Waals surface area contributed by atoms with Gasteiger partial charge in [0.25, 0.3) is 11.8 Å². The first kappa shape index (κ1) is 22.0. The van der Waals surface area contributed by atoms with E-state index in [-0.39, 0.29) is 17.9 Å². The van der Waals surface area contributed by atoms with Crippen LogP contribution in [0.3, 0.4) is 0 Å². The summed E-state index contributed by atoms with van der Waals surface area (Å²) in [5.41, 5.74) is 2.20. The highest BCUT2D eigenvalue weighted by Crippen LogP contribution is 2.38. The Morgan fingerprint density at radius 1 is 0.935 bits per heavy atom. The topological polar surface area (TPSA) is 49.4 Å². The van der Waals surface area contributed by atoms with Crippen molar-refractivity contribution in [3.63, 3.8) is 0 Å². The summed E-state index contributed by atoms with van der Waals surface area (Å²) in [6.07, 6.45) is 5.56. The molecule has 0 aromatic heterocycles. The van der Waals surface area contributed by atoms with Crippen molar-refractivity contribution in [2.24, 2.45) is 0 Å². The van der Waals surface area contributed by atoms with Crippen LogP contribution < -0.4 is 10.2 Å². The molecule has 4 nitrogen and oxygen atoms in total. The molecule has 2 aliphatic rings. The maximum Gasteiger partial charge on any atom is 0.282 e. The number of imide groups is 1. The summed E-state index contributed by atoms with van der Waals surface area (Å²) in [4.78, 5) is 29.5. The lowest BCUT2D eigenvalue weighted by molar-refractivity contribution is -0.120. The molecular weight excluding hydrogens is 428 g/mol. The molecule has 0 spiro atoms. The summed E-state index contributed by atoms with van der Waals surface area (Å²) < 4.78 is 0. The van der Waals surface area contributed by atoms with E-state index in [0.717, 1.165) is 30.6 Å². The number of hydrogen-bond donors (Lipinski definition) is 1. The van der Waals surface area contributed by atoms with Gasteiger partial charge in [-0.25, -0.2) is 4.90 Å². The minimum atomic E-state index is -0.277. The standard InChI is InChI=1S/C25H27ClN2O2S/c1-16(2)17-8-12-20(13-9-17)28-24(29)22(27-19-6-4-3-5-7-19)23(25(28)30)31-21-14-10-18(26)11-15-21/h8-16,19,27H,3-7H2,1-2H3. The first-order valence-electron chi connectivity index (χ1n) is 10.9. The van der Waals surface area contributed by atoms with Crippen LogP contribution in [0.15, 0.2) is 64.0 Å². The first-order valence-corrected chi connectivity index (χ1v) is 12.1. The number of carbonyl (C=O) groups excluding carboxylic acids is 2. The molecule has 0 unspecified atom stereocenters. The molecule has 6 heteroatoms. The highest BCUT2D eigenvalue weighted by Gasteiger charge is 2.41. The third-order valence-electron chi connectivity index (χ3n) is 5.85. The zero-order chi connectivity index (χ0) is 22.0. The fourth-order valence-corrected chi connectivity index (χ4v) is 5.11. The fraction of sp³-hybridized carbons (Fsp3) is 0.360. The SMILES string of the molecule is CC(C)c1ccc(N2C(=O)C(NC3CCCCC3)=C(Sc3ccc(Cl)cc3)C2=O)cc1. The van der Waals surface area contributed by atoms with Crippen LogP contribution in [0.4, 0.5) is 5.69 Å². The van der Waals surface area contributed by atoms with Crippen LogP contribution >= 0.6 is 23.4 Å². The minimum Gasteiger partial charge on any atom is -0.377 e. The molecule has 1 aliphatic carbocycles. The second-order valence-electron chi connectivity index (χ2n) is 8.43. The lowest BCUT2D eigenvalue weighted by Gasteiger charge is -2.24. The molecule has 162 valence electrons. The van der Waals surface area contributed by atoms with Crippen molar-refractivity contribution in [2.45, 2.75) is 62.8 Å². The van der Waals surface area contributed by atoms with E-state index in [0.29, 0.717) is 27.2 Å². The van der Waals surface area contributed by atoms with Gasteiger partial charge < -0.3 is 5.32 Å². The van der Waals surface area contributed by atoms with Crippen LogP contribution in [0, 0.1) is 0 Å². The van der Waals surface area contributed by atoms with Gasteiger partial charge in [-0.05, 0) is 60.7 Å². The van der Waals surface area contributed by atoms with Crippen molar-refractivity contribution in [3.05, 3.63) is 69.7 Å². The Balaban J connectivity index is 1.65. The van der Waals surface area contributed by atoms with Crippen LogP contribution in [-0.4, -0.2) is 17.9 Å².